The van der Waals surface area contributed by atoms with E-state index in [1.54, 1.807) is 0 Å². The number of hydrogen-bond acceptors (Lipinski definition) is 6. The van der Waals surface area contributed by atoms with E-state index in [1.165, 1.54) is 6.07 Å². The fourth-order valence-corrected chi connectivity index (χ4v) is 3.92. The van der Waals surface area contributed by atoms with Gasteiger partial charge in [-0.15, -0.1) is 13.2 Å². The molecule has 2 aromatic carbocycles. The largest absolute Gasteiger partial charge is 0.573 e. The van der Waals surface area contributed by atoms with E-state index < -0.39 is 53.1 Å². The first-order valence-corrected chi connectivity index (χ1v) is 11.6. The van der Waals surface area contributed by atoms with Crippen molar-refractivity contribution in [2.24, 2.45) is 5.73 Å². The Bertz CT molecular complexity index is 1120. The molecule has 0 heterocycles. The van der Waals surface area contributed by atoms with Crippen LogP contribution in [0.1, 0.15) is 43.4 Å². The van der Waals surface area contributed by atoms with Crippen LogP contribution in [0.15, 0.2) is 36.4 Å². The number of nitro benzene ring substituents is 1. The van der Waals surface area contributed by atoms with E-state index >= 15 is 0 Å². The Balaban J connectivity index is 2.53. The van der Waals surface area contributed by atoms with Gasteiger partial charge >= 0.3 is 18.6 Å². The van der Waals surface area contributed by atoms with Crippen LogP contribution in [0.2, 0.25) is 0 Å². The summed E-state index contributed by atoms with van der Waals surface area (Å²) in [6.07, 6.45) is -11.5. The van der Waals surface area contributed by atoms with E-state index in [2.05, 4.69) is 4.74 Å². The number of carbonyl (C=O) groups is 1. The summed E-state index contributed by atoms with van der Waals surface area (Å²) in [6.45, 7) is 4.83. The molecule has 0 aromatic heterocycles. The van der Waals surface area contributed by atoms with E-state index in [9.17, 15) is 41.3 Å². The summed E-state index contributed by atoms with van der Waals surface area (Å²) in [5, 5.41) is 11.2. The number of ether oxygens (including phenoxy) is 2. The predicted octanol–water partition coefficient (Wildman–Crippen LogP) is 6.39. The van der Waals surface area contributed by atoms with E-state index in [0.29, 0.717) is 30.9 Å². The van der Waals surface area contributed by atoms with E-state index in [-0.39, 0.29) is 17.5 Å². The van der Waals surface area contributed by atoms with Crippen LogP contribution in [0.4, 0.5) is 42.5 Å². The molecule has 0 saturated heterocycles. The van der Waals surface area contributed by atoms with E-state index in [4.69, 9.17) is 10.5 Å². The maximum absolute atomic E-state index is 13.3. The second-order valence-corrected chi connectivity index (χ2v) is 8.38. The van der Waals surface area contributed by atoms with Crippen molar-refractivity contribution in [3.8, 4) is 5.75 Å². The summed E-state index contributed by atoms with van der Waals surface area (Å²) >= 11 is 0. The van der Waals surface area contributed by atoms with Gasteiger partial charge < -0.3 is 20.1 Å². The summed E-state index contributed by atoms with van der Waals surface area (Å²) in [4.78, 5) is 23.7. The topological polar surface area (TPSA) is 108 Å². The van der Waals surface area contributed by atoms with Crippen molar-refractivity contribution < 1.29 is 45.5 Å². The minimum Gasteiger partial charge on any atom is -0.446 e. The summed E-state index contributed by atoms with van der Waals surface area (Å²) in [6, 6.07) is 5.58. The number of primary amides is 1. The number of non-ortho nitro benzene ring substituents is 1. The lowest BCUT2D eigenvalue weighted by Gasteiger charge is -2.28. The Morgan fingerprint density at radius 1 is 1.08 bits per heavy atom. The molecule has 38 heavy (non-hydrogen) atoms. The van der Waals surface area contributed by atoms with Gasteiger partial charge in [0, 0.05) is 43.8 Å². The molecule has 14 heteroatoms. The number of carbonyl (C=O) groups excluding carboxylic acids is 1. The molecule has 1 atom stereocenters. The molecule has 0 radical (unpaired) electrons. The summed E-state index contributed by atoms with van der Waals surface area (Å²) in [5.74, 6) is -0.546. The zero-order valence-electron chi connectivity index (χ0n) is 20.6. The van der Waals surface area contributed by atoms with Gasteiger partial charge in [0.25, 0.3) is 5.69 Å². The molecule has 0 aliphatic heterocycles. The van der Waals surface area contributed by atoms with E-state index in [1.807, 2.05) is 18.7 Å². The third-order valence-corrected chi connectivity index (χ3v) is 5.50. The molecule has 210 valence electrons. The monoisotopic (exact) mass is 551 g/mol. The lowest BCUT2D eigenvalue weighted by Crippen LogP contribution is -2.29. The maximum atomic E-state index is 13.3. The first-order valence-electron chi connectivity index (χ1n) is 11.6. The quantitative estimate of drug-likeness (QED) is 0.186. The molecule has 0 aliphatic carbocycles. The second kappa shape index (κ2) is 12.7. The number of alkyl halides is 6. The van der Waals surface area contributed by atoms with Crippen molar-refractivity contribution in [2.75, 3.05) is 18.0 Å². The van der Waals surface area contributed by atoms with Gasteiger partial charge in [0.2, 0.25) is 0 Å². The number of nitro groups is 1. The summed E-state index contributed by atoms with van der Waals surface area (Å²) in [5.41, 5.74) is 3.61. The van der Waals surface area contributed by atoms with Gasteiger partial charge in [-0.25, -0.2) is 4.79 Å². The third-order valence-electron chi connectivity index (χ3n) is 5.50. The number of benzene rings is 2. The van der Waals surface area contributed by atoms with Crippen molar-refractivity contribution >= 4 is 17.5 Å². The number of halogens is 6. The van der Waals surface area contributed by atoms with Gasteiger partial charge in [-0.05, 0) is 48.7 Å². The van der Waals surface area contributed by atoms with Crippen molar-refractivity contribution in [1.82, 2.24) is 0 Å². The maximum Gasteiger partial charge on any atom is 0.573 e. The van der Waals surface area contributed by atoms with Crippen LogP contribution in [0, 0.1) is 10.1 Å². The van der Waals surface area contributed by atoms with Gasteiger partial charge in [-0.2, -0.15) is 13.2 Å². The summed E-state index contributed by atoms with van der Waals surface area (Å²) in [7, 11) is 0. The molecule has 8 nitrogen and oxygen atoms in total. The normalized spacial score (nSPS) is 12.6. The zero-order valence-corrected chi connectivity index (χ0v) is 20.6. The average molecular weight is 551 g/mol. The number of hydrogen-bond donors (Lipinski definition) is 1. The average Bonchev–Trinajstić information content (AvgIpc) is 2.78. The molecule has 0 spiro atoms. The van der Waals surface area contributed by atoms with Gasteiger partial charge in [-0.1, -0.05) is 13.3 Å². The molecule has 2 rings (SSSR count). The first kappa shape index (κ1) is 30.5. The molecule has 0 bridgehead atoms. The number of amides is 1. The first-order chi connectivity index (χ1) is 17.6. The molecule has 1 unspecified atom stereocenters. The summed E-state index contributed by atoms with van der Waals surface area (Å²) < 4.78 is 87.7. The predicted molar refractivity (Wildman–Crippen MR) is 126 cm³/mol. The fourth-order valence-electron chi connectivity index (χ4n) is 3.92. The Hall–Kier alpha value is -3.71. The van der Waals surface area contributed by atoms with Crippen LogP contribution in [-0.4, -0.2) is 36.6 Å². The number of nitrogens with two attached hydrogens (primary N) is 1. The molecular weight excluding hydrogens is 524 g/mol. The lowest BCUT2D eigenvalue weighted by atomic mass is 9.97. The Kier molecular flexibility index (Phi) is 10.2. The van der Waals surface area contributed by atoms with Crippen LogP contribution in [0.3, 0.4) is 0 Å². The molecule has 0 aliphatic rings. The van der Waals surface area contributed by atoms with Gasteiger partial charge in [0.1, 0.15) is 11.9 Å². The highest BCUT2D eigenvalue weighted by Gasteiger charge is 2.34. The van der Waals surface area contributed by atoms with Crippen molar-refractivity contribution in [3.63, 3.8) is 0 Å². The highest BCUT2D eigenvalue weighted by molar-refractivity contribution is 5.65. The third kappa shape index (κ3) is 9.30. The van der Waals surface area contributed by atoms with E-state index in [0.717, 1.165) is 31.0 Å². The number of unbranched alkanes of at least 4 members (excludes halogenated alkanes) is 1. The van der Waals surface area contributed by atoms with Gasteiger partial charge in [-0.3, -0.25) is 10.1 Å². The minimum absolute atomic E-state index is 0.180. The highest BCUT2D eigenvalue weighted by atomic mass is 19.4. The minimum atomic E-state index is -4.98. The zero-order chi connectivity index (χ0) is 28.7. The highest BCUT2D eigenvalue weighted by Crippen LogP contribution is 2.34. The second-order valence-electron chi connectivity index (χ2n) is 8.38. The molecule has 0 fully saturated rings. The van der Waals surface area contributed by atoms with Gasteiger partial charge in [0.15, 0.2) is 0 Å². The molecule has 2 aromatic rings. The number of nitrogens with zero attached hydrogens (tertiary/aromatic N) is 2. The molecule has 2 N–H and O–H groups in total. The van der Waals surface area contributed by atoms with Crippen LogP contribution in [0.25, 0.3) is 0 Å². The van der Waals surface area contributed by atoms with Crippen LogP contribution in [0.5, 0.6) is 5.75 Å². The SMILES string of the molecule is CCCCN(CC)c1ccc(OC(F)(F)F)cc1CC(Cc1cc([N+](=O)[O-])cc(C(F)(F)F)c1)OC(N)=O. The van der Waals surface area contributed by atoms with Crippen molar-refractivity contribution in [1.29, 1.82) is 0 Å². The Morgan fingerprint density at radius 2 is 1.76 bits per heavy atom. The fraction of sp³-hybridized carbons (Fsp3) is 0.458. The number of anilines is 1. The smallest absolute Gasteiger partial charge is 0.446 e. The van der Waals surface area contributed by atoms with Crippen LogP contribution in [-0.2, 0) is 23.8 Å². The Morgan fingerprint density at radius 3 is 2.29 bits per heavy atom. The number of rotatable bonds is 12. The van der Waals surface area contributed by atoms with Crippen molar-refractivity contribution in [2.45, 2.75) is 58.2 Å². The van der Waals surface area contributed by atoms with Crippen LogP contribution >= 0.6 is 0 Å². The van der Waals surface area contributed by atoms with Crippen LogP contribution < -0.4 is 15.4 Å². The molecule has 0 saturated carbocycles. The Labute approximate surface area is 214 Å². The molecular formula is C24H27F6N3O5. The van der Waals surface area contributed by atoms with Gasteiger partial charge in [0.05, 0.1) is 10.5 Å². The van der Waals surface area contributed by atoms with Crippen molar-refractivity contribution in [3.05, 3.63) is 63.2 Å². The molecule has 1 amide bonds. The standard InChI is InChI=1S/C24H27F6N3O5/c1-3-5-8-32(4-2)21-7-6-19(38-24(28,29)30)12-16(21)13-20(37-22(31)34)11-15-9-17(23(25,26)27)14-18(10-15)33(35)36/h6-7,9-10,12,14,20H,3-5,8,11,13H2,1-2H3,(H2,31,34). The lowest BCUT2D eigenvalue weighted by molar-refractivity contribution is -0.385.